The molecule has 0 aliphatic rings. The topological polar surface area (TPSA) is 36.9 Å². The predicted octanol–water partition coefficient (Wildman–Crippen LogP) is 4.97. The average molecular weight is 332 g/mol. The van der Waals surface area contributed by atoms with Crippen molar-refractivity contribution >= 4 is 0 Å². The summed E-state index contributed by atoms with van der Waals surface area (Å²) in [6.07, 6.45) is 0. The van der Waals surface area contributed by atoms with E-state index in [-0.39, 0.29) is 0 Å². The van der Waals surface area contributed by atoms with Crippen molar-refractivity contribution in [3.63, 3.8) is 0 Å². The fourth-order valence-corrected chi connectivity index (χ4v) is 2.00. The highest BCUT2D eigenvalue weighted by Gasteiger charge is 2.01. The van der Waals surface area contributed by atoms with Gasteiger partial charge in [0.2, 0.25) is 0 Å². The first-order valence-electron chi connectivity index (χ1n) is 8.45. The quantitative estimate of drug-likeness (QED) is 0.684. The maximum Gasteiger partial charge on any atom is 0.161 e. The Kier molecular flexibility index (Phi) is 9.93. The van der Waals surface area contributed by atoms with E-state index in [0.717, 1.165) is 23.0 Å². The Bertz CT molecular complexity index is 468. The third-order valence-electron chi connectivity index (χ3n) is 2.90. The predicted molar refractivity (Wildman–Crippen MR) is 97.6 cm³/mol. The molecule has 0 aliphatic heterocycles. The van der Waals surface area contributed by atoms with Crippen molar-refractivity contribution in [2.75, 3.05) is 26.4 Å². The van der Waals surface area contributed by atoms with E-state index in [1.165, 1.54) is 0 Å². The van der Waals surface area contributed by atoms with Crippen molar-refractivity contribution in [1.82, 2.24) is 0 Å². The van der Waals surface area contributed by atoms with E-state index in [1.807, 2.05) is 76.2 Å². The van der Waals surface area contributed by atoms with E-state index in [1.54, 1.807) is 0 Å². The van der Waals surface area contributed by atoms with Crippen LogP contribution in [-0.2, 0) is 0 Å². The van der Waals surface area contributed by atoms with Crippen molar-refractivity contribution in [2.45, 2.75) is 27.7 Å². The van der Waals surface area contributed by atoms with Gasteiger partial charge in [0.25, 0.3) is 0 Å². The molecule has 4 heteroatoms. The normalized spacial score (nSPS) is 9.50. The van der Waals surface area contributed by atoms with E-state index in [0.29, 0.717) is 26.4 Å². The van der Waals surface area contributed by atoms with Gasteiger partial charge in [-0.05, 0) is 52.0 Å². The van der Waals surface area contributed by atoms with E-state index < -0.39 is 0 Å². The Morgan fingerprint density at radius 1 is 0.458 bits per heavy atom. The molecule has 132 valence electrons. The molecule has 24 heavy (non-hydrogen) atoms. The maximum atomic E-state index is 5.36. The molecule has 0 atom stereocenters. The molecule has 0 heterocycles. The van der Waals surface area contributed by atoms with Crippen molar-refractivity contribution in [3.8, 4) is 23.0 Å². The highest BCUT2D eigenvalue weighted by Crippen LogP contribution is 2.26. The maximum absolute atomic E-state index is 5.36. The molecule has 0 unspecified atom stereocenters. The Balaban J connectivity index is 0.000000240. The summed E-state index contributed by atoms with van der Waals surface area (Å²) in [6, 6.07) is 15.4. The third-order valence-corrected chi connectivity index (χ3v) is 2.90. The Morgan fingerprint density at radius 3 is 0.833 bits per heavy atom. The summed E-state index contributed by atoms with van der Waals surface area (Å²) in [5, 5.41) is 0. The average Bonchev–Trinajstić information content (AvgIpc) is 2.60. The molecule has 2 rings (SSSR count). The molecule has 0 amide bonds. The van der Waals surface area contributed by atoms with Crippen LogP contribution >= 0.6 is 0 Å². The fourth-order valence-electron chi connectivity index (χ4n) is 2.00. The first kappa shape index (κ1) is 19.7. The summed E-state index contributed by atoms with van der Waals surface area (Å²) in [6.45, 7) is 10.5. The molecule has 0 aliphatic carbocycles. The molecule has 0 bridgehead atoms. The van der Waals surface area contributed by atoms with E-state index in [9.17, 15) is 0 Å². The Labute approximate surface area is 145 Å². The number of rotatable bonds is 8. The standard InChI is InChI=1S/2C10H14O2/c2*1-3-11-9-7-5-6-8-10(9)12-4-2/h2*5-8H,3-4H2,1-2H3. The van der Waals surface area contributed by atoms with Gasteiger partial charge in [-0.1, -0.05) is 24.3 Å². The third kappa shape index (κ3) is 6.82. The minimum absolute atomic E-state index is 0.671. The largest absolute Gasteiger partial charge is 0.490 e. The lowest BCUT2D eigenvalue weighted by molar-refractivity contribution is 0.288. The van der Waals surface area contributed by atoms with Crippen LogP contribution in [0.1, 0.15) is 27.7 Å². The van der Waals surface area contributed by atoms with Gasteiger partial charge < -0.3 is 18.9 Å². The summed E-state index contributed by atoms with van der Waals surface area (Å²) in [4.78, 5) is 0. The molecule has 0 N–H and O–H groups in total. The van der Waals surface area contributed by atoms with Crippen molar-refractivity contribution < 1.29 is 18.9 Å². The molecule has 2 aromatic rings. The molecule has 4 nitrogen and oxygen atoms in total. The molecule has 0 fully saturated rings. The zero-order valence-electron chi connectivity index (χ0n) is 15.1. The molecule has 0 spiro atoms. The van der Waals surface area contributed by atoms with Crippen molar-refractivity contribution in [2.24, 2.45) is 0 Å². The summed E-state index contributed by atoms with van der Waals surface area (Å²) >= 11 is 0. The molecule has 2 aromatic carbocycles. The molecule has 0 saturated heterocycles. The van der Waals surface area contributed by atoms with Crippen LogP contribution in [0.15, 0.2) is 48.5 Å². The number of hydrogen-bond donors (Lipinski definition) is 0. The van der Waals surface area contributed by atoms with Gasteiger partial charge >= 0.3 is 0 Å². The smallest absolute Gasteiger partial charge is 0.161 e. The van der Waals surface area contributed by atoms with Gasteiger partial charge in [-0.15, -0.1) is 0 Å². The fraction of sp³-hybridized carbons (Fsp3) is 0.400. The molecule has 0 radical (unpaired) electrons. The zero-order chi connectivity index (χ0) is 17.6. The second kappa shape index (κ2) is 12.1. The summed E-state index contributed by atoms with van der Waals surface area (Å²) in [5.41, 5.74) is 0. The lowest BCUT2D eigenvalue weighted by atomic mass is 10.3. The van der Waals surface area contributed by atoms with Gasteiger partial charge in [0.05, 0.1) is 26.4 Å². The number of para-hydroxylation sites is 4. The number of ether oxygens (including phenoxy) is 4. The van der Waals surface area contributed by atoms with Crippen molar-refractivity contribution in [1.29, 1.82) is 0 Å². The van der Waals surface area contributed by atoms with Gasteiger partial charge in [0.15, 0.2) is 23.0 Å². The molecular weight excluding hydrogens is 304 g/mol. The zero-order valence-corrected chi connectivity index (χ0v) is 15.1. The first-order chi connectivity index (χ1) is 11.8. The van der Waals surface area contributed by atoms with Gasteiger partial charge in [-0.3, -0.25) is 0 Å². The SMILES string of the molecule is CCOc1ccccc1OCC.CCOc1ccccc1OCC. The summed E-state index contributed by atoms with van der Waals surface area (Å²) in [5.74, 6) is 3.28. The number of hydrogen-bond acceptors (Lipinski definition) is 4. The van der Waals surface area contributed by atoms with Crippen LogP contribution in [0, 0.1) is 0 Å². The van der Waals surface area contributed by atoms with Crippen LogP contribution in [0.25, 0.3) is 0 Å². The van der Waals surface area contributed by atoms with Crippen LogP contribution in [-0.4, -0.2) is 26.4 Å². The van der Waals surface area contributed by atoms with E-state index in [4.69, 9.17) is 18.9 Å². The van der Waals surface area contributed by atoms with Crippen LogP contribution in [0.5, 0.6) is 23.0 Å². The summed E-state index contributed by atoms with van der Waals surface area (Å²) < 4.78 is 21.5. The van der Waals surface area contributed by atoms with Gasteiger partial charge in [-0.2, -0.15) is 0 Å². The molecule has 0 saturated carbocycles. The van der Waals surface area contributed by atoms with Gasteiger partial charge in [-0.25, -0.2) is 0 Å². The van der Waals surface area contributed by atoms with Gasteiger partial charge in [0, 0.05) is 0 Å². The van der Waals surface area contributed by atoms with Crippen LogP contribution in [0.3, 0.4) is 0 Å². The molecule has 0 aromatic heterocycles. The highest BCUT2D eigenvalue weighted by atomic mass is 16.5. The monoisotopic (exact) mass is 332 g/mol. The minimum Gasteiger partial charge on any atom is -0.490 e. The van der Waals surface area contributed by atoms with E-state index >= 15 is 0 Å². The second-order valence-electron chi connectivity index (χ2n) is 4.63. The van der Waals surface area contributed by atoms with Gasteiger partial charge in [0.1, 0.15) is 0 Å². The van der Waals surface area contributed by atoms with Crippen LogP contribution < -0.4 is 18.9 Å². The first-order valence-corrected chi connectivity index (χ1v) is 8.45. The lowest BCUT2D eigenvalue weighted by Crippen LogP contribution is -1.97. The molecular formula is C20H28O4. The second-order valence-corrected chi connectivity index (χ2v) is 4.63. The van der Waals surface area contributed by atoms with Crippen LogP contribution in [0.2, 0.25) is 0 Å². The van der Waals surface area contributed by atoms with Crippen molar-refractivity contribution in [3.05, 3.63) is 48.5 Å². The minimum atomic E-state index is 0.671. The highest BCUT2D eigenvalue weighted by molar-refractivity contribution is 5.40. The Hall–Kier alpha value is -2.36. The number of benzene rings is 2. The Morgan fingerprint density at radius 2 is 0.667 bits per heavy atom. The van der Waals surface area contributed by atoms with Crippen LogP contribution in [0.4, 0.5) is 0 Å². The lowest BCUT2D eigenvalue weighted by Gasteiger charge is -2.09. The van der Waals surface area contributed by atoms with E-state index in [2.05, 4.69) is 0 Å². The summed E-state index contributed by atoms with van der Waals surface area (Å²) in [7, 11) is 0.